The van der Waals surface area contributed by atoms with Crippen molar-refractivity contribution in [2.75, 3.05) is 10.6 Å². The molecule has 4 aromatic rings. The first kappa shape index (κ1) is 36.9. The lowest BCUT2D eigenvalue weighted by molar-refractivity contribution is -0.141. The van der Waals surface area contributed by atoms with Crippen LogP contribution in [0.15, 0.2) is 48.8 Å². The highest BCUT2D eigenvalue weighted by molar-refractivity contribution is 7.14. The Morgan fingerprint density at radius 1 is 0.688 bits per heavy atom. The summed E-state index contributed by atoms with van der Waals surface area (Å²) >= 11 is 15.8. The number of carbonyl (C=O) groups is 4. The number of halogens is 2. The minimum absolute atomic E-state index is 0.122. The topological polar surface area (TPSA) is 183 Å². The molecule has 48 heavy (non-hydrogen) atoms. The van der Waals surface area contributed by atoms with Crippen molar-refractivity contribution in [1.29, 1.82) is 0 Å². The van der Waals surface area contributed by atoms with Gasteiger partial charge in [-0.25, -0.2) is 9.97 Å². The SMILES string of the molecule is CC(C)[C@H](NCc1cnc(C(=O)Nc2cccc(-c3cccc(NC(=O)c4ncc(CN[C@H](C(=O)O)C(C)C)s4)c3Cl)c2Cl)s1)C(=O)O. The van der Waals surface area contributed by atoms with Gasteiger partial charge in [-0.1, -0.05) is 75.2 Å². The molecule has 0 saturated heterocycles. The molecular formula is C32H34Cl2N6O6S2. The van der Waals surface area contributed by atoms with Gasteiger partial charge in [0.2, 0.25) is 0 Å². The molecular weight excluding hydrogens is 699 g/mol. The third-order valence-electron chi connectivity index (χ3n) is 7.14. The zero-order valence-electron chi connectivity index (χ0n) is 26.3. The molecule has 0 radical (unpaired) electrons. The first-order chi connectivity index (χ1) is 22.8. The van der Waals surface area contributed by atoms with E-state index in [1.165, 1.54) is 12.4 Å². The fourth-order valence-corrected chi connectivity index (χ4v) is 6.72. The summed E-state index contributed by atoms with van der Waals surface area (Å²) in [5.41, 5.74) is 1.65. The van der Waals surface area contributed by atoms with Crippen LogP contribution in [0.1, 0.15) is 57.1 Å². The number of carboxylic acids is 2. The molecule has 0 fully saturated rings. The number of carboxylic acid groups (broad SMARTS) is 2. The third-order valence-corrected chi connectivity index (χ3v) is 9.94. The van der Waals surface area contributed by atoms with Crippen LogP contribution in [0.3, 0.4) is 0 Å². The van der Waals surface area contributed by atoms with Crippen molar-refractivity contribution in [1.82, 2.24) is 20.6 Å². The predicted octanol–water partition coefficient (Wildman–Crippen LogP) is 6.48. The van der Waals surface area contributed by atoms with Crippen molar-refractivity contribution in [2.24, 2.45) is 11.8 Å². The number of nitrogens with one attached hydrogen (secondary N) is 4. The number of benzene rings is 2. The number of carbonyl (C=O) groups excluding carboxylic acids is 2. The van der Waals surface area contributed by atoms with Crippen LogP contribution in [0.4, 0.5) is 11.4 Å². The molecule has 4 rings (SSSR count). The van der Waals surface area contributed by atoms with Crippen molar-refractivity contribution in [3.05, 3.63) is 78.6 Å². The number of nitrogens with zero attached hydrogens (tertiary/aromatic N) is 2. The minimum Gasteiger partial charge on any atom is -0.480 e. The van der Waals surface area contributed by atoms with Crippen LogP contribution in [0.2, 0.25) is 10.0 Å². The highest BCUT2D eigenvalue weighted by Gasteiger charge is 2.23. The zero-order valence-corrected chi connectivity index (χ0v) is 29.5. The van der Waals surface area contributed by atoms with Gasteiger partial charge in [0.15, 0.2) is 10.0 Å². The highest BCUT2D eigenvalue weighted by atomic mass is 35.5. The Morgan fingerprint density at radius 3 is 1.40 bits per heavy atom. The van der Waals surface area contributed by atoms with Crippen molar-refractivity contribution < 1.29 is 29.4 Å². The summed E-state index contributed by atoms with van der Waals surface area (Å²) in [7, 11) is 0. The number of hydrogen-bond acceptors (Lipinski definition) is 10. The lowest BCUT2D eigenvalue weighted by Crippen LogP contribution is -2.40. The van der Waals surface area contributed by atoms with Gasteiger partial charge in [-0.3, -0.25) is 29.8 Å². The maximum Gasteiger partial charge on any atom is 0.320 e. The van der Waals surface area contributed by atoms with Gasteiger partial charge in [0.1, 0.15) is 12.1 Å². The number of anilines is 2. The number of aromatic nitrogens is 2. The van der Waals surface area contributed by atoms with E-state index in [-0.39, 0.29) is 45.0 Å². The van der Waals surface area contributed by atoms with E-state index in [4.69, 9.17) is 23.2 Å². The Balaban J connectivity index is 1.44. The molecule has 254 valence electrons. The molecule has 0 spiro atoms. The van der Waals surface area contributed by atoms with Gasteiger partial charge in [-0.05, 0) is 24.0 Å². The van der Waals surface area contributed by atoms with Crippen LogP contribution in [0.25, 0.3) is 11.1 Å². The monoisotopic (exact) mass is 732 g/mol. The summed E-state index contributed by atoms with van der Waals surface area (Å²) in [5.74, 6) is -3.13. The second-order valence-electron chi connectivity index (χ2n) is 11.4. The zero-order chi connectivity index (χ0) is 35.1. The van der Waals surface area contributed by atoms with Crippen molar-refractivity contribution >= 4 is 81.0 Å². The molecule has 2 aromatic heterocycles. The van der Waals surface area contributed by atoms with Crippen LogP contribution in [0.5, 0.6) is 0 Å². The van der Waals surface area contributed by atoms with E-state index in [0.717, 1.165) is 22.7 Å². The second kappa shape index (κ2) is 16.5. The van der Waals surface area contributed by atoms with Gasteiger partial charge in [0, 0.05) is 46.4 Å². The molecule has 0 aliphatic rings. The molecule has 16 heteroatoms. The van der Waals surface area contributed by atoms with E-state index in [1.54, 1.807) is 36.4 Å². The maximum absolute atomic E-state index is 13.0. The van der Waals surface area contributed by atoms with E-state index in [9.17, 15) is 29.4 Å². The Hall–Kier alpha value is -3.92. The number of aliphatic carboxylic acids is 2. The van der Waals surface area contributed by atoms with Crippen LogP contribution in [0, 0.1) is 11.8 Å². The summed E-state index contributed by atoms with van der Waals surface area (Å²) < 4.78 is 0. The molecule has 0 saturated carbocycles. The second-order valence-corrected chi connectivity index (χ2v) is 14.4. The smallest absolute Gasteiger partial charge is 0.320 e. The largest absolute Gasteiger partial charge is 0.480 e. The summed E-state index contributed by atoms with van der Waals surface area (Å²) in [6.45, 7) is 7.72. The molecule has 2 aromatic carbocycles. The van der Waals surface area contributed by atoms with Gasteiger partial charge in [-0.15, -0.1) is 22.7 Å². The Kier molecular flexibility index (Phi) is 12.7. The quantitative estimate of drug-likeness (QED) is 0.0792. The van der Waals surface area contributed by atoms with E-state index in [2.05, 4.69) is 31.2 Å². The molecule has 0 aliphatic heterocycles. The average Bonchev–Trinajstić information content (AvgIpc) is 3.69. The molecule has 2 atom stereocenters. The van der Waals surface area contributed by atoms with Gasteiger partial charge in [0.05, 0.1) is 21.4 Å². The number of hydrogen-bond donors (Lipinski definition) is 6. The van der Waals surface area contributed by atoms with Gasteiger partial charge < -0.3 is 20.8 Å². The Labute approximate surface area is 294 Å². The van der Waals surface area contributed by atoms with Gasteiger partial charge in [0.25, 0.3) is 11.8 Å². The first-order valence-electron chi connectivity index (χ1n) is 14.8. The number of rotatable bonds is 15. The fourth-order valence-electron chi connectivity index (χ4n) is 4.65. The van der Waals surface area contributed by atoms with Crippen molar-refractivity contribution in [3.63, 3.8) is 0 Å². The lowest BCUT2D eigenvalue weighted by Gasteiger charge is -2.17. The fraction of sp³-hybridized carbons (Fsp3) is 0.312. The first-order valence-corrected chi connectivity index (χ1v) is 17.2. The molecule has 0 bridgehead atoms. The highest BCUT2D eigenvalue weighted by Crippen LogP contribution is 2.40. The van der Waals surface area contributed by atoms with Crippen molar-refractivity contribution in [3.8, 4) is 11.1 Å². The van der Waals surface area contributed by atoms with E-state index in [0.29, 0.717) is 32.3 Å². The predicted molar refractivity (Wildman–Crippen MR) is 188 cm³/mol. The summed E-state index contributed by atoms with van der Waals surface area (Å²) in [6.07, 6.45) is 3.04. The summed E-state index contributed by atoms with van der Waals surface area (Å²) in [4.78, 5) is 58.8. The average molecular weight is 734 g/mol. The molecule has 2 heterocycles. The lowest BCUT2D eigenvalue weighted by atomic mass is 10.0. The van der Waals surface area contributed by atoms with Gasteiger partial charge >= 0.3 is 11.9 Å². The molecule has 0 unspecified atom stereocenters. The number of thiazole rings is 2. The van der Waals surface area contributed by atoms with E-state index >= 15 is 0 Å². The molecule has 6 N–H and O–H groups in total. The van der Waals surface area contributed by atoms with Crippen LogP contribution in [-0.2, 0) is 22.7 Å². The Morgan fingerprint density at radius 2 is 1.06 bits per heavy atom. The summed E-state index contributed by atoms with van der Waals surface area (Å²) in [6, 6.07) is 8.66. The van der Waals surface area contributed by atoms with Crippen LogP contribution >= 0.6 is 45.9 Å². The molecule has 12 nitrogen and oxygen atoms in total. The van der Waals surface area contributed by atoms with Crippen LogP contribution < -0.4 is 21.3 Å². The maximum atomic E-state index is 13.0. The van der Waals surface area contributed by atoms with E-state index in [1.807, 2.05) is 27.7 Å². The molecule has 0 aliphatic carbocycles. The Bertz CT molecular complexity index is 1680. The van der Waals surface area contributed by atoms with E-state index < -0.39 is 35.8 Å². The summed E-state index contributed by atoms with van der Waals surface area (Å²) in [5, 5.41) is 31.1. The third kappa shape index (κ3) is 9.15. The number of amides is 2. The minimum atomic E-state index is -0.951. The van der Waals surface area contributed by atoms with Crippen molar-refractivity contribution in [2.45, 2.75) is 52.9 Å². The van der Waals surface area contributed by atoms with Crippen LogP contribution in [-0.4, -0.2) is 56.0 Å². The molecule has 2 amide bonds. The van der Waals surface area contributed by atoms with Gasteiger partial charge in [-0.2, -0.15) is 0 Å². The standard InChI is InChI=1S/C32H34Cl2N6O6S2/c1-15(2)25(31(43)44)35-11-17-13-37-29(47-17)27(41)39-21-9-5-7-19(23(21)33)20-8-6-10-22(24(20)34)40-28(42)30-38-14-18(48-30)12-36-26(16(3)4)32(45)46/h5-10,13-16,25-26,35-36H,11-12H2,1-4H3,(H,39,41)(H,40,42)(H,43,44)(H,45,46)/t25-,26-/m0/s1. The normalized spacial score (nSPS) is 12.6.